The summed E-state index contributed by atoms with van der Waals surface area (Å²) in [6.45, 7) is 0.196. The first-order valence-corrected chi connectivity index (χ1v) is 7.86. The van der Waals surface area contributed by atoms with Gasteiger partial charge >= 0.3 is 0 Å². The van der Waals surface area contributed by atoms with E-state index in [-0.39, 0.29) is 22.3 Å². The maximum Gasteiger partial charge on any atom is 0.241 e. The van der Waals surface area contributed by atoms with Crippen molar-refractivity contribution in [3.05, 3.63) is 58.1 Å². The van der Waals surface area contributed by atoms with Crippen LogP contribution in [0.4, 0.5) is 0 Å². The van der Waals surface area contributed by atoms with E-state index in [1.165, 1.54) is 18.2 Å². The SMILES string of the molecule is NS(=O)(=O)c1cc(Cl)ccc1OCc1ccc(Cl)cc1. The normalized spacial score (nSPS) is 11.3. The lowest BCUT2D eigenvalue weighted by atomic mass is 10.2. The van der Waals surface area contributed by atoms with Crippen molar-refractivity contribution in [1.82, 2.24) is 0 Å². The van der Waals surface area contributed by atoms with Crippen LogP contribution in [0.15, 0.2) is 47.4 Å². The zero-order valence-electron chi connectivity index (χ0n) is 10.2. The van der Waals surface area contributed by atoms with E-state index in [0.29, 0.717) is 5.02 Å². The highest BCUT2D eigenvalue weighted by molar-refractivity contribution is 7.89. The van der Waals surface area contributed by atoms with Gasteiger partial charge in [0.05, 0.1) is 0 Å². The highest BCUT2D eigenvalue weighted by Crippen LogP contribution is 2.27. The topological polar surface area (TPSA) is 69.4 Å². The van der Waals surface area contributed by atoms with Gasteiger partial charge in [0.1, 0.15) is 17.3 Å². The number of nitrogens with two attached hydrogens (primary N) is 1. The van der Waals surface area contributed by atoms with Gasteiger partial charge in [0.25, 0.3) is 0 Å². The number of primary sulfonamides is 1. The Kier molecular flexibility index (Phi) is 4.55. The average molecular weight is 332 g/mol. The monoisotopic (exact) mass is 331 g/mol. The van der Waals surface area contributed by atoms with Crippen molar-refractivity contribution in [1.29, 1.82) is 0 Å². The summed E-state index contributed by atoms with van der Waals surface area (Å²) in [6, 6.07) is 11.3. The molecule has 0 aromatic heterocycles. The van der Waals surface area contributed by atoms with Crippen molar-refractivity contribution < 1.29 is 13.2 Å². The van der Waals surface area contributed by atoms with Gasteiger partial charge in [-0.3, -0.25) is 0 Å². The van der Waals surface area contributed by atoms with Crippen LogP contribution in [-0.4, -0.2) is 8.42 Å². The van der Waals surface area contributed by atoms with Crippen molar-refractivity contribution in [2.24, 2.45) is 5.14 Å². The highest BCUT2D eigenvalue weighted by atomic mass is 35.5. The highest BCUT2D eigenvalue weighted by Gasteiger charge is 2.16. The Morgan fingerprint density at radius 1 is 1.00 bits per heavy atom. The Balaban J connectivity index is 2.23. The predicted octanol–water partition coefficient (Wildman–Crippen LogP) is 3.22. The minimum atomic E-state index is -3.90. The van der Waals surface area contributed by atoms with Crippen LogP contribution in [-0.2, 0) is 16.6 Å². The number of sulfonamides is 1. The first-order valence-electron chi connectivity index (χ1n) is 5.56. The molecule has 0 atom stereocenters. The molecule has 0 amide bonds. The summed E-state index contributed by atoms with van der Waals surface area (Å²) in [5.74, 6) is 0.159. The number of ether oxygens (including phenoxy) is 1. The number of hydrogen-bond acceptors (Lipinski definition) is 3. The van der Waals surface area contributed by atoms with Gasteiger partial charge in [0.15, 0.2) is 0 Å². The van der Waals surface area contributed by atoms with Crippen LogP contribution in [0.2, 0.25) is 10.0 Å². The molecule has 2 aromatic carbocycles. The smallest absolute Gasteiger partial charge is 0.241 e. The molecule has 0 saturated carbocycles. The molecule has 0 unspecified atom stereocenters. The Hall–Kier alpha value is -1.27. The second-order valence-corrected chi connectivity index (χ2v) is 6.45. The quantitative estimate of drug-likeness (QED) is 0.935. The molecule has 0 heterocycles. The number of benzene rings is 2. The van der Waals surface area contributed by atoms with Gasteiger partial charge in [-0.2, -0.15) is 0 Å². The maximum absolute atomic E-state index is 11.5. The predicted molar refractivity (Wildman–Crippen MR) is 78.6 cm³/mol. The minimum absolute atomic E-state index is 0.140. The third kappa shape index (κ3) is 3.86. The van der Waals surface area contributed by atoms with E-state index in [1.807, 2.05) is 0 Å². The second kappa shape index (κ2) is 6.01. The zero-order chi connectivity index (χ0) is 14.8. The number of hydrogen-bond donors (Lipinski definition) is 1. The van der Waals surface area contributed by atoms with Gasteiger partial charge in [0, 0.05) is 10.0 Å². The largest absolute Gasteiger partial charge is 0.487 e. The molecule has 20 heavy (non-hydrogen) atoms. The van der Waals surface area contributed by atoms with E-state index in [0.717, 1.165) is 5.56 Å². The molecule has 2 aromatic rings. The second-order valence-electron chi connectivity index (χ2n) is 4.05. The fraction of sp³-hybridized carbons (Fsp3) is 0.0769. The van der Waals surface area contributed by atoms with Gasteiger partial charge in [-0.05, 0) is 35.9 Å². The molecule has 0 fully saturated rings. The molecule has 4 nitrogen and oxygen atoms in total. The van der Waals surface area contributed by atoms with E-state index >= 15 is 0 Å². The molecule has 0 bridgehead atoms. The Morgan fingerprint density at radius 3 is 2.20 bits per heavy atom. The first-order chi connectivity index (χ1) is 9.36. The van der Waals surface area contributed by atoms with Crippen LogP contribution in [0.1, 0.15) is 5.56 Å². The van der Waals surface area contributed by atoms with Gasteiger partial charge in [0.2, 0.25) is 10.0 Å². The minimum Gasteiger partial charge on any atom is -0.487 e. The molecule has 0 saturated heterocycles. The number of rotatable bonds is 4. The van der Waals surface area contributed by atoms with Crippen LogP contribution >= 0.6 is 23.2 Å². The van der Waals surface area contributed by atoms with Crippen molar-refractivity contribution in [3.8, 4) is 5.75 Å². The molecule has 0 aliphatic carbocycles. The molecule has 2 rings (SSSR count). The van der Waals surface area contributed by atoms with Crippen LogP contribution in [0.25, 0.3) is 0 Å². The summed E-state index contributed by atoms with van der Waals surface area (Å²) in [7, 11) is -3.90. The molecule has 0 radical (unpaired) electrons. The van der Waals surface area contributed by atoms with Crippen LogP contribution in [0, 0.1) is 0 Å². The summed E-state index contributed by atoms with van der Waals surface area (Å²) < 4.78 is 28.5. The lowest BCUT2D eigenvalue weighted by Gasteiger charge is -2.10. The molecule has 106 valence electrons. The summed E-state index contributed by atoms with van der Waals surface area (Å²) in [5, 5.41) is 6.02. The fourth-order valence-corrected chi connectivity index (χ4v) is 2.63. The Bertz CT molecular complexity index is 715. The van der Waals surface area contributed by atoms with E-state index in [9.17, 15) is 8.42 Å². The van der Waals surface area contributed by atoms with Gasteiger partial charge in [-0.25, -0.2) is 13.6 Å². The van der Waals surface area contributed by atoms with Gasteiger partial charge in [-0.15, -0.1) is 0 Å². The third-order valence-electron chi connectivity index (χ3n) is 2.52. The Morgan fingerprint density at radius 2 is 1.60 bits per heavy atom. The molecular formula is C13H11Cl2NO3S. The van der Waals surface area contributed by atoms with Gasteiger partial charge < -0.3 is 4.74 Å². The lowest BCUT2D eigenvalue weighted by Crippen LogP contribution is -2.14. The van der Waals surface area contributed by atoms with E-state index < -0.39 is 10.0 Å². The molecule has 7 heteroatoms. The average Bonchev–Trinajstić information content (AvgIpc) is 2.38. The summed E-state index contributed by atoms with van der Waals surface area (Å²) in [4.78, 5) is -0.140. The summed E-state index contributed by atoms with van der Waals surface area (Å²) >= 11 is 11.5. The van der Waals surface area contributed by atoms with Crippen molar-refractivity contribution in [2.45, 2.75) is 11.5 Å². The summed E-state index contributed by atoms with van der Waals surface area (Å²) in [5.41, 5.74) is 0.852. The summed E-state index contributed by atoms with van der Waals surface area (Å²) in [6.07, 6.45) is 0. The lowest BCUT2D eigenvalue weighted by molar-refractivity contribution is 0.298. The van der Waals surface area contributed by atoms with Crippen molar-refractivity contribution >= 4 is 33.2 Å². The van der Waals surface area contributed by atoms with E-state index in [2.05, 4.69) is 0 Å². The van der Waals surface area contributed by atoms with Crippen LogP contribution < -0.4 is 9.88 Å². The van der Waals surface area contributed by atoms with Crippen molar-refractivity contribution in [2.75, 3.05) is 0 Å². The Labute approximate surface area is 127 Å². The molecule has 0 spiro atoms. The molecule has 0 aliphatic heterocycles. The first kappa shape index (κ1) is 15.1. The van der Waals surface area contributed by atoms with E-state index in [1.54, 1.807) is 24.3 Å². The van der Waals surface area contributed by atoms with Crippen LogP contribution in [0.5, 0.6) is 5.75 Å². The van der Waals surface area contributed by atoms with Crippen LogP contribution in [0.3, 0.4) is 0 Å². The molecule has 0 aliphatic rings. The fourth-order valence-electron chi connectivity index (χ4n) is 1.57. The van der Waals surface area contributed by atoms with E-state index in [4.69, 9.17) is 33.1 Å². The standard InChI is InChI=1S/C13H11Cl2NO3S/c14-10-3-1-9(2-4-10)8-19-12-6-5-11(15)7-13(12)20(16,17)18/h1-7H,8H2,(H2,16,17,18). The van der Waals surface area contributed by atoms with Crippen molar-refractivity contribution in [3.63, 3.8) is 0 Å². The maximum atomic E-state index is 11.5. The number of halogens is 2. The zero-order valence-corrected chi connectivity index (χ0v) is 12.5. The third-order valence-corrected chi connectivity index (χ3v) is 3.94. The van der Waals surface area contributed by atoms with Gasteiger partial charge in [-0.1, -0.05) is 35.3 Å². The molecule has 2 N–H and O–H groups in total. The molecular weight excluding hydrogens is 321 g/mol.